The van der Waals surface area contributed by atoms with E-state index in [4.69, 9.17) is 0 Å². The molecule has 1 rings (SSSR count). The predicted octanol–water partition coefficient (Wildman–Crippen LogP) is 1.60. The zero-order valence-corrected chi connectivity index (χ0v) is 13.6. The molecule has 0 aliphatic carbocycles. The van der Waals surface area contributed by atoms with Crippen LogP contribution in [0.1, 0.15) is 18.9 Å². The summed E-state index contributed by atoms with van der Waals surface area (Å²) in [5, 5.41) is 13.7. The lowest BCUT2D eigenvalue weighted by Crippen LogP contribution is -2.32. The van der Waals surface area contributed by atoms with E-state index in [1.807, 2.05) is 6.92 Å². The second kappa shape index (κ2) is 8.93. The van der Waals surface area contributed by atoms with Crippen LogP contribution in [-0.4, -0.2) is 33.0 Å². The Hall–Kier alpha value is -1.22. The van der Waals surface area contributed by atoms with Gasteiger partial charge in [-0.3, -0.25) is 10.1 Å². The van der Waals surface area contributed by atoms with Gasteiger partial charge in [0.1, 0.15) is 0 Å². The molecule has 9 heteroatoms. The van der Waals surface area contributed by atoms with Gasteiger partial charge in [-0.1, -0.05) is 6.92 Å². The minimum atomic E-state index is -3.63. The van der Waals surface area contributed by atoms with Gasteiger partial charge in [-0.05, 0) is 31.5 Å². The van der Waals surface area contributed by atoms with Crippen molar-refractivity contribution >= 4 is 28.1 Å². The molecule has 0 radical (unpaired) electrons. The van der Waals surface area contributed by atoms with E-state index >= 15 is 0 Å². The van der Waals surface area contributed by atoms with Crippen LogP contribution in [-0.2, 0) is 10.0 Å². The van der Waals surface area contributed by atoms with Gasteiger partial charge in [-0.15, -0.1) is 12.4 Å². The van der Waals surface area contributed by atoms with Crippen molar-refractivity contribution in [2.24, 2.45) is 0 Å². The number of sulfonamides is 1. The Labute approximate surface area is 130 Å². The van der Waals surface area contributed by atoms with Crippen LogP contribution in [0.4, 0.5) is 5.69 Å². The Morgan fingerprint density at radius 2 is 1.90 bits per heavy atom. The zero-order valence-electron chi connectivity index (χ0n) is 12.0. The number of non-ortho nitro benzene ring substituents is 1. The average Bonchev–Trinajstić information content (AvgIpc) is 2.37. The second-order valence-electron chi connectivity index (χ2n) is 4.35. The van der Waals surface area contributed by atoms with Crippen LogP contribution >= 0.6 is 12.4 Å². The fourth-order valence-electron chi connectivity index (χ4n) is 1.70. The van der Waals surface area contributed by atoms with Crippen molar-refractivity contribution in [3.63, 3.8) is 0 Å². The van der Waals surface area contributed by atoms with Crippen LogP contribution in [0, 0.1) is 17.0 Å². The number of rotatable bonds is 8. The third kappa shape index (κ3) is 5.96. The molecule has 0 bridgehead atoms. The van der Waals surface area contributed by atoms with Crippen molar-refractivity contribution in [2.45, 2.75) is 25.2 Å². The van der Waals surface area contributed by atoms with Gasteiger partial charge in [0.05, 0.1) is 9.82 Å². The maximum Gasteiger partial charge on any atom is 0.269 e. The summed E-state index contributed by atoms with van der Waals surface area (Å²) >= 11 is 0. The van der Waals surface area contributed by atoms with Gasteiger partial charge in [0.2, 0.25) is 10.0 Å². The van der Waals surface area contributed by atoms with Crippen LogP contribution in [0.2, 0.25) is 0 Å². The molecule has 120 valence electrons. The lowest BCUT2D eigenvalue weighted by Gasteiger charge is -2.09. The number of aryl methyl sites for hydroxylation is 1. The molecule has 0 saturated carbocycles. The normalized spacial score (nSPS) is 11.0. The molecule has 0 heterocycles. The molecule has 0 aliphatic heterocycles. The molecule has 1 aromatic carbocycles. The highest BCUT2D eigenvalue weighted by Crippen LogP contribution is 2.20. The fraction of sp³-hybridized carbons (Fsp3) is 0.500. The summed E-state index contributed by atoms with van der Waals surface area (Å²) in [6.07, 6.45) is 0.980. The summed E-state index contributed by atoms with van der Waals surface area (Å²) < 4.78 is 26.6. The Morgan fingerprint density at radius 1 is 1.24 bits per heavy atom. The first-order valence-corrected chi connectivity index (χ1v) is 7.82. The van der Waals surface area contributed by atoms with E-state index in [1.54, 1.807) is 0 Å². The lowest BCUT2D eigenvalue weighted by molar-refractivity contribution is -0.385. The molecule has 0 spiro atoms. The molecule has 0 aromatic heterocycles. The van der Waals surface area contributed by atoms with Gasteiger partial charge in [0.25, 0.3) is 5.69 Å². The van der Waals surface area contributed by atoms with Crippen LogP contribution in [0.3, 0.4) is 0 Å². The SMILES string of the molecule is CCCNCCNS(=O)(=O)c1ccc([N+](=O)[O-])cc1C.Cl. The molecule has 0 amide bonds. The summed E-state index contributed by atoms with van der Waals surface area (Å²) in [6, 6.07) is 3.70. The zero-order chi connectivity index (χ0) is 15.2. The Bertz CT molecular complexity index is 578. The summed E-state index contributed by atoms with van der Waals surface area (Å²) in [6.45, 7) is 5.21. The van der Waals surface area contributed by atoms with E-state index in [1.165, 1.54) is 25.1 Å². The van der Waals surface area contributed by atoms with E-state index in [0.29, 0.717) is 12.1 Å². The van der Waals surface area contributed by atoms with E-state index in [0.717, 1.165) is 13.0 Å². The highest BCUT2D eigenvalue weighted by Gasteiger charge is 2.18. The smallest absolute Gasteiger partial charge is 0.269 e. The van der Waals surface area contributed by atoms with E-state index in [2.05, 4.69) is 10.0 Å². The van der Waals surface area contributed by atoms with Gasteiger partial charge in [0.15, 0.2) is 0 Å². The molecule has 1 aromatic rings. The molecule has 0 saturated heterocycles. The van der Waals surface area contributed by atoms with Gasteiger partial charge in [-0.25, -0.2) is 13.1 Å². The highest BCUT2D eigenvalue weighted by atomic mass is 35.5. The van der Waals surface area contributed by atoms with Gasteiger partial charge in [0, 0.05) is 25.2 Å². The monoisotopic (exact) mass is 337 g/mol. The number of halogens is 1. The topological polar surface area (TPSA) is 101 Å². The van der Waals surface area contributed by atoms with Crippen LogP contribution < -0.4 is 10.0 Å². The molecule has 2 N–H and O–H groups in total. The van der Waals surface area contributed by atoms with Crippen molar-refractivity contribution in [1.29, 1.82) is 0 Å². The van der Waals surface area contributed by atoms with Gasteiger partial charge in [-0.2, -0.15) is 0 Å². The Morgan fingerprint density at radius 3 is 2.43 bits per heavy atom. The number of nitrogens with one attached hydrogen (secondary N) is 2. The van der Waals surface area contributed by atoms with E-state index in [-0.39, 0.29) is 29.5 Å². The van der Waals surface area contributed by atoms with Crippen molar-refractivity contribution in [3.8, 4) is 0 Å². The number of hydrogen-bond acceptors (Lipinski definition) is 5. The Kier molecular flexibility index (Phi) is 8.41. The van der Waals surface area contributed by atoms with Gasteiger partial charge >= 0.3 is 0 Å². The molecular formula is C12H20ClN3O4S. The third-order valence-corrected chi connectivity index (χ3v) is 4.30. The van der Waals surface area contributed by atoms with Crippen molar-refractivity contribution in [2.75, 3.05) is 19.6 Å². The maximum atomic E-state index is 12.1. The number of nitrogens with zero attached hydrogens (tertiary/aromatic N) is 1. The van der Waals surface area contributed by atoms with E-state index in [9.17, 15) is 18.5 Å². The fourth-order valence-corrected chi connectivity index (χ4v) is 2.96. The quantitative estimate of drug-likeness (QED) is 0.426. The number of nitro groups is 1. The summed E-state index contributed by atoms with van der Waals surface area (Å²) in [5.41, 5.74) is 0.235. The first-order chi connectivity index (χ1) is 9.38. The minimum Gasteiger partial charge on any atom is -0.315 e. The predicted molar refractivity (Wildman–Crippen MR) is 83.4 cm³/mol. The average molecular weight is 338 g/mol. The molecule has 21 heavy (non-hydrogen) atoms. The summed E-state index contributed by atoms with van der Waals surface area (Å²) in [7, 11) is -3.63. The van der Waals surface area contributed by atoms with Crippen molar-refractivity contribution < 1.29 is 13.3 Å². The lowest BCUT2D eigenvalue weighted by atomic mass is 10.2. The molecule has 0 unspecified atom stereocenters. The molecule has 0 aliphatic rings. The molecule has 7 nitrogen and oxygen atoms in total. The number of nitro benzene ring substituents is 1. The summed E-state index contributed by atoms with van der Waals surface area (Å²) in [4.78, 5) is 10.1. The summed E-state index contributed by atoms with van der Waals surface area (Å²) in [5.74, 6) is 0. The van der Waals surface area contributed by atoms with Crippen molar-refractivity contribution in [3.05, 3.63) is 33.9 Å². The number of hydrogen-bond donors (Lipinski definition) is 2. The largest absolute Gasteiger partial charge is 0.315 e. The highest BCUT2D eigenvalue weighted by molar-refractivity contribution is 7.89. The third-order valence-electron chi connectivity index (χ3n) is 2.68. The minimum absolute atomic E-state index is 0. The number of benzene rings is 1. The first-order valence-electron chi connectivity index (χ1n) is 6.34. The second-order valence-corrected chi connectivity index (χ2v) is 6.09. The first kappa shape index (κ1) is 19.8. The van der Waals surface area contributed by atoms with Crippen LogP contribution in [0.5, 0.6) is 0 Å². The molecular weight excluding hydrogens is 318 g/mol. The van der Waals surface area contributed by atoms with Crippen molar-refractivity contribution in [1.82, 2.24) is 10.0 Å². The van der Waals surface area contributed by atoms with Crippen LogP contribution in [0.15, 0.2) is 23.1 Å². The molecule has 0 fully saturated rings. The standard InChI is InChI=1S/C12H19N3O4S.ClH/c1-3-6-13-7-8-14-20(18,19)12-5-4-11(15(16)17)9-10(12)2;/h4-5,9,13-14H,3,6-8H2,1-2H3;1H. The van der Waals surface area contributed by atoms with Gasteiger partial charge < -0.3 is 5.32 Å². The maximum absolute atomic E-state index is 12.1. The van der Waals surface area contributed by atoms with Crippen LogP contribution in [0.25, 0.3) is 0 Å². The Balaban J connectivity index is 0.00000400. The molecule has 0 atom stereocenters. The van der Waals surface area contributed by atoms with E-state index < -0.39 is 14.9 Å².